The lowest BCUT2D eigenvalue weighted by Gasteiger charge is -2.29. The molecule has 0 heterocycles. The lowest BCUT2D eigenvalue weighted by molar-refractivity contribution is -0.123. The fourth-order valence-corrected chi connectivity index (χ4v) is 4.79. The van der Waals surface area contributed by atoms with Gasteiger partial charge in [-0.15, -0.1) is 11.8 Å². The number of hydrogen-bond donors (Lipinski definition) is 3. The zero-order valence-electron chi connectivity index (χ0n) is 22.2. The Labute approximate surface area is 222 Å². The number of thioether (sulfide) groups is 1. The number of benzene rings is 1. The first-order valence-electron chi connectivity index (χ1n) is 13.1. The summed E-state index contributed by atoms with van der Waals surface area (Å²) >= 11 is 1.71. The van der Waals surface area contributed by atoms with E-state index < -0.39 is 4.75 Å². The topological polar surface area (TPSA) is 78.4 Å². The Bertz CT molecular complexity index is 886. The minimum absolute atomic E-state index is 0.0134. The zero-order chi connectivity index (χ0) is 26.5. The predicted molar refractivity (Wildman–Crippen MR) is 155 cm³/mol. The third kappa shape index (κ3) is 12.3. The number of aromatic hydroxyl groups is 1. The molecule has 0 aliphatic heterocycles. The molecule has 0 saturated heterocycles. The zero-order valence-corrected chi connectivity index (χ0v) is 23.0. The van der Waals surface area contributed by atoms with E-state index in [1.54, 1.807) is 30.0 Å². The molecule has 0 spiro atoms. The van der Waals surface area contributed by atoms with Crippen LogP contribution in [-0.2, 0) is 4.79 Å². The Morgan fingerprint density at radius 3 is 1.97 bits per heavy atom. The number of carbonyl (C=O) groups is 2. The summed E-state index contributed by atoms with van der Waals surface area (Å²) in [6.07, 6.45) is 23.9. The van der Waals surface area contributed by atoms with Crippen molar-refractivity contribution in [2.75, 3.05) is 18.8 Å². The molecule has 0 aliphatic carbocycles. The maximum atomic E-state index is 12.9. The van der Waals surface area contributed by atoms with Crippen molar-refractivity contribution in [1.82, 2.24) is 10.6 Å². The highest BCUT2D eigenvalue weighted by molar-refractivity contribution is 8.01. The largest absolute Gasteiger partial charge is 0.507 e. The van der Waals surface area contributed by atoms with Gasteiger partial charge in [0.1, 0.15) is 5.75 Å². The van der Waals surface area contributed by atoms with Gasteiger partial charge in [-0.2, -0.15) is 0 Å². The van der Waals surface area contributed by atoms with E-state index >= 15 is 0 Å². The average molecular weight is 513 g/mol. The van der Waals surface area contributed by atoms with Crippen LogP contribution in [0.1, 0.15) is 76.1 Å². The molecular weight excluding hydrogens is 468 g/mol. The summed E-state index contributed by atoms with van der Waals surface area (Å²) in [7, 11) is 0. The molecular formula is C30H44N2O3S. The molecule has 0 fully saturated rings. The summed E-state index contributed by atoms with van der Waals surface area (Å²) in [5.41, 5.74) is 0.228. The summed E-state index contributed by atoms with van der Waals surface area (Å²) in [6.45, 7) is 6.88. The predicted octanol–water partition coefficient (Wildman–Crippen LogP) is 6.73. The van der Waals surface area contributed by atoms with Crippen LogP contribution in [0.3, 0.4) is 0 Å². The standard InChI is InChI=1S/C30H44N2O3S/c1-4-7-8-9-10-11-12-13-14-15-16-17-20-25-36-30(5-2,6-3)29(35)32-24-23-31-28(34)26-21-18-19-22-27(26)33/h7-8,10-11,13-14,16-19,21-22,33H,4-6,9,12,15,20,23-25H2,1-3H3,(H,31,34)(H,32,35). The molecule has 0 unspecified atom stereocenters. The van der Waals surface area contributed by atoms with Crippen molar-refractivity contribution in [2.45, 2.75) is 70.5 Å². The first-order valence-corrected chi connectivity index (χ1v) is 14.1. The normalized spacial score (nSPS) is 12.3. The van der Waals surface area contributed by atoms with Gasteiger partial charge < -0.3 is 15.7 Å². The Hall–Kier alpha value is -2.73. The Morgan fingerprint density at radius 2 is 1.39 bits per heavy atom. The third-order valence-electron chi connectivity index (χ3n) is 5.78. The minimum Gasteiger partial charge on any atom is -0.507 e. The lowest BCUT2D eigenvalue weighted by atomic mass is 10.0. The second kappa shape index (κ2) is 19.5. The fourth-order valence-electron chi connectivity index (χ4n) is 3.53. The molecule has 0 aromatic heterocycles. The van der Waals surface area contributed by atoms with Gasteiger partial charge in [-0.3, -0.25) is 9.59 Å². The minimum atomic E-state index is -0.464. The second-order valence-corrected chi connectivity index (χ2v) is 9.85. The lowest BCUT2D eigenvalue weighted by Crippen LogP contribution is -2.46. The van der Waals surface area contributed by atoms with Crippen LogP contribution in [0.5, 0.6) is 5.75 Å². The highest BCUT2D eigenvalue weighted by Gasteiger charge is 2.34. The van der Waals surface area contributed by atoms with E-state index in [-0.39, 0.29) is 23.1 Å². The molecule has 198 valence electrons. The van der Waals surface area contributed by atoms with E-state index in [9.17, 15) is 14.7 Å². The van der Waals surface area contributed by atoms with Crippen molar-refractivity contribution < 1.29 is 14.7 Å². The van der Waals surface area contributed by atoms with E-state index in [4.69, 9.17) is 0 Å². The van der Waals surface area contributed by atoms with Crippen LogP contribution in [0, 0.1) is 0 Å². The number of rotatable bonds is 18. The van der Waals surface area contributed by atoms with Crippen molar-refractivity contribution in [3.63, 3.8) is 0 Å². The summed E-state index contributed by atoms with van der Waals surface area (Å²) in [6, 6.07) is 6.41. The van der Waals surface area contributed by atoms with E-state index in [1.165, 1.54) is 6.07 Å². The van der Waals surface area contributed by atoms with Gasteiger partial charge in [0.05, 0.1) is 10.3 Å². The number of nitrogens with one attached hydrogen (secondary N) is 2. The van der Waals surface area contributed by atoms with Gasteiger partial charge >= 0.3 is 0 Å². The number of phenolic OH excluding ortho intramolecular Hbond substituents is 1. The summed E-state index contributed by atoms with van der Waals surface area (Å²) in [4.78, 5) is 25.1. The Balaban J connectivity index is 2.31. The maximum absolute atomic E-state index is 12.9. The Kier molecular flexibility index (Phi) is 16.9. The van der Waals surface area contributed by atoms with Crippen molar-refractivity contribution >= 4 is 23.6 Å². The van der Waals surface area contributed by atoms with Crippen molar-refractivity contribution in [1.29, 1.82) is 0 Å². The molecule has 0 atom stereocenters. The maximum Gasteiger partial charge on any atom is 0.255 e. The van der Waals surface area contributed by atoms with Gasteiger partial charge in [-0.25, -0.2) is 0 Å². The number of carbonyl (C=O) groups excluding carboxylic acids is 2. The smallest absolute Gasteiger partial charge is 0.255 e. The number of allylic oxidation sites excluding steroid dienone is 8. The van der Waals surface area contributed by atoms with Crippen LogP contribution in [0.4, 0.5) is 0 Å². The first kappa shape index (κ1) is 31.3. The number of para-hydroxylation sites is 1. The van der Waals surface area contributed by atoms with Crippen LogP contribution in [0.2, 0.25) is 0 Å². The second-order valence-electron chi connectivity index (χ2n) is 8.37. The van der Waals surface area contributed by atoms with E-state index in [1.807, 2.05) is 13.8 Å². The number of amides is 2. The molecule has 1 aromatic rings. The van der Waals surface area contributed by atoms with Crippen LogP contribution < -0.4 is 10.6 Å². The molecule has 0 saturated carbocycles. The molecule has 1 rings (SSSR count). The van der Waals surface area contributed by atoms with Crippen LogP contribution in [0.25, 0.3) is 0 Å². The van der Waals surface area contributed by atoms with E-state index in [0.29, 0.717) is 13.1 Å². The van der Waals surface area contributed by atoms with Crippen molar-refractivity contribution in [3.05, 3.63) is 78.4 Å². The van der Waals surface area contributed by atoms with Crippen LogP contribution in [-0.4, -0.2) is 40.5 Å². The first-order chi connectivity index (χ1) is 17.5. The highest BCUT2D eigenvalue weighted by Crippen LogP contribution is 2.33. The molecule has 6 heteroatoms. The number of hydrogen-bond acceptors (Lipinski definition) is 4. The van der Waals surface area contributed by atoms with Gasteiger partial charge in [-0.05, 0) is 62.8 Å². The Morgan fingerprint density at radius 1 is 0.833 bits per heavy atom. The molecule has 5 nitrogen and oxygen atoms in total. The SMILES string of the molecule is CCC=CCC=CCC=CCC=CCCSC(CC)(CC)C(=O)NCCNC(=O)c1ccccc1O. The molecule has 1 aromatic carbocycles. The highest BCUT2D eigenvalue weighted by atomic mass is 32.2. The third-order valence-corrected chi connectivity index (χ3v) is 7.54. The summed E-state index contributed by atoms with van der Waals surface area (Å²) < 4.78 is -0.464. The quantitative estimate of drug-likeness (QED) is 0.151. The summed E-state index contributed by atoms with van der Waals surface area (Å²) in [5, 5.41) is 15.5. The van der Waals surface area contributed by atoms with Crippen molar-refractivity contribution in [2.24, 2.45) is 0 Å². The van der Waals surface area contributed by atoms with Gasteiger partial charge in [0, 0.05) is 13.1 Å². The van der Waals surface area contributed by atoms with Crippen LogP contribution >= 0.6 is 11.8 Å². The molecule has 0 bridgehead atoms. The van der Waals surface area contributed by atoms with Crippen molar-refractivity contribution in [3.8, 4) is 5.75 Å². The summed E-state index contributed by atoms with van der Waals surface area (Å²) in [5.74, 6) is 0.485. The van der Waals surface area contributed by atoms with E-state index in [2.05, 4.69) is 66.2 Å². The molecule has 0 radical (unpaired) electrons. The molecule has 0 aliphatic rings. The van der Waals surface area contributed by atoms with E-state index in [0.717, 1.165) is 50.7 Å². The molecule has 2 amide bonds. The average Bonchev–Trinajstić information content (AvgIpc) is 2.89. The van der Waals surface area contributed by atoms with Gasteiger partial charge in [0.2, 0.25) is 5.91 Å². The van der Waals surface area contributed by atoms with Crippen LogP contribution in [0.15, 0.2) is 72.9 Å². The van der Waals surface area contributed by atoms with Gasteiger partial charge in [0.25, 0.3) is 5.91 Å². The molecule has 36 heavy (non-hydrogen) atoms. The monoisotopic (exact) mass is 512 g/mol. The number of phenols is 1. The van der Waals surface area contributed by atoms with Gasteiger partial charge in [-0.1, -0.05) is 81.5 Å². The fraction of sp³-hybridized carbons (Fsp3) is 0.467. The molecule has 3 N–H and O–H groups in total. The van der Waals surface area contributed by atoms with Gasteiger partial charge in [0.15, 0.2) is 0 Å².